The van der Waals surface area contributed by atoms with Crippen molar-refractivity contribution in [2.24, 2.45) is 0 Å². The molecule has 1 rings (SSSR count). The van der Waals surface area contributed by atoms with Crippen LogP contribution in [-0.2, 0) is 4.79 Å². The predicted octanol–water partition coefficient (Wildman–Crippen LogP) is 2.28. The molecule has 0 amide bonds. The van der Waals surface area contributed by atoms with Gasteiger partial charge in [0, 0.05) is 6.07 Å². The summed E-state index contributed by atoms with van der Waals surface area (Å²) in [5, 5.41) is 9.07. The summed E-state index contributed by atoms with van der Waals surface area (Å²) >= 11 is 0. The summed E-state index contributed by atoms with van der Waals surface area (Å²) in [4.78, 5) is 11.0. The van der Waals surface area contributed by atoms with Crippen molar-refractivity contribution < 1.29 is 19.4 Å². The van der Waals surface area contributed by atoms with Crippen LogP contribution < -0.4 is 9.47 Å². The van der Waals surface area contributed by atoms with Crippen LogP contribution in [0.5, 0.6) is 11.5 Å². The van der Waals surface area contributed by atoms with Crippen molar-refractivity contribution in [2.75, 3.05) is 14.2 Å². The first kappa shape index (κ1) is 12.4. The maximum atomic E-state index is 11.0. The zero-order valence-corrected chi connectivity index (χ0v) is 9.69. The Morgan fingerprint density at radius 3 is 2.06 bits per heavy atom. The number of methoxy groups -OCH3 is 2. The number of aliphatic carboxylic acids is 1. The van der Waals surface area contributed by atoms with Gasteiger partial charge in [0.05, 0.1) is 20.1 Å². The van der Waals surface area contributed by atoms with Gasteiger partial charge in [0.1, 0.15) is 11.5 Å². The van der Waals surface area contributed by atoms with E-state index in [4.69, 9.17) is 14.6 Å². The van der Waals surface area contributed by atoms with Crippen LogP contribution >= 0.6 is 0 Å². The lowest BCUT2D eigenvalue weighted by Gasteiger charge is -2.13. The molecule has 0 bridgehead atoms. The van der Waals surface area contributed by atoms with Crippen molar-refractivity contribution in [1.29, 1.82) is 0 Å². The number of carboxylic acid groups (broad SMARTS) is 1. The fourth-order valence-corrected chi connectivity index (χ4v) is 1.58. The van der Waals surface area contributed by atoms with Gasteiger partial charge in [-0.1, -0.05) is 6.92 Å². The molecule has 0 aliphatic heterocycles. The van der Waals surface area contributed by atoms with Crippen LogP contribution in [0.4, 0.5) is 0 Å². The Morgan fingerprint density at radius 1 is 1.25 bits per heavy atom. The largest absolute Gasteiger partial charge is 0.497 e. The molecule has 0 aliphatic rings. The van der Waals surface area contributed by atoms with E-state index in [0.29, 0.717) is 23.5 Å². The van der Waals surface area contributed by atoms with E-state index in [2.05, 4.69) is 0 Å². The molecule has 88 valence electrons. The van der Waals surface area contributed by atoms with Crippen molar-refractivity contribution in [3.8, 4) is 11.5 Å². The van der Waals surface area contributed by atoms with Gasteiger partial charge in [-0.2, -0.15) is 0 Å². The Balaban J connectivity index is 3.15. The van der Waals surface area contributed by atoms with Crippen LogP contribution in [0, 0.1) is 0 Å². The van der Waals surface area contributed by atoms with Gasteiger partial charge in [0.25, 0.3) is 0 Å². The molecule has 1 atom stereocenters. The highest BCUT2D eigenvalue weighted by Crippen LogP contribution is 2.29. The van der Waals surface area contributed by atoms with Crippen molar-refractivity contribution in [3.63, 3.8) is 0 Å². The fraction of sp³-hybridized carbons (Fsp3) is 0.417. The molecule has 4 nitrogen and oxygen atoms in total. The molecule has 0 saturated carbocycles. The Bertz CT molecular complexity index is 351. The molecule has 1 unspecified atom stereocenters. The highest BCUT2D eigenvalue weighted by Gasteiger charge is 2.19. The highest BCUT2D eigenvalue weighted by atomic mass is 16.5. The molecule has 16 heavy (non-hydrogen) atoms. The lowest BCUT2D eigenvalue weighted by atomic mass is 9.96. The summed E-state index contributed by atoms with van der Waals surface area (Å²) in [5.41, 5.74) is 0.700. The molecular weight excluding hydrogens is 208 g/mol. The van der Waals surface area contributed by atoms with Crippen molar-refractivity contribution in [1.82, 2.24) is 0 Å². The van der Waals surface area contributed by atoms with Crippen LogP contribution in [0.3, 0.4) is 0 Å². The second kappa shape index (κ2) is 5.39. The number of benzene rings is 1. The van der Waals surface area contributed by atoms with Gasteiger partial charge in [0.2, 0.25) is 0 Å². The molecule has 1 aromatic rings. The van der Waals surface area contributed by atoms with Crippen LogP contribution in [-0.4, -0.2) is 25.3 Å². The second-order valence-electron chi connectivity index (χ2n) is 3.45. The van der Waals surface area contributed by atoms with Gasteiger partial charge in [-0.25, -0.2) is 0 Å². The maximum Gasteiger partial charge on any atom is 0.310 e. The number of hydrogen-bond donors (Lipinski definition) is 1. The quantitative estimate of drug-likeness (QED) is 0.833. The molecule has 0 spiro atoms. The van der Waals surface area contributed by atoms with Crippen molar-refractivity contribution >= 4 is 5.97 Å². The van der Waals surface area contributed by atoms with E-state index in [1.165, 1.54) is 0 Å². The first-order valence-electron chi connectivity index (χ1n) is 5.08. The van der Waals surface area contributed by atoms with Gasteiger partial charge < -0.3 is 14.6 Å². The molecule has 0 heterocycles. The summed E-state index contributed by atoms with van der Waals surface area (Å²) in [5.74, 6) is -0.148. The number of carboxylic acids is 1. The number of hydrogen-bond acceptors (Lipinski definition) is 3. The van der Waals surface area contributed by atoms with E-state index in [9.17, 15) is 4.79 Å². The lowest BCUT2D eigenvalue weighted by molar-refractivity contribution is -0.138. The molecule has 0 aromatic heterocycles. The summed E-state index contributed by atoms with van der Waals surface area (Å²) in [6.07, 6.45) is 0.533. The summed E-state index contributed by atoms with van der Waals surface area (Å²) in [6, 6.07) is 5.17. The molecule has 0 fully saturated rings. The van der Waals surface area contributed by atoms with E-state index in [-0.39, 0.29) is 0 Å². The smallest absolute Gasteiger partial charge is 0.310 e. The minimum Gasteiger partial charge on any atom is -0.497 e. The highest BCUT2D eigenvalue weighted by molar-refractivity contribution is 5.76. The summed E-state index contributed by atoms with van der Waals surface area (Å²) in [6.45, 7) is 1.84. The fourth-order valence-electron chi connectivity index (χ4n) is 1.58. The van der Waals surface area contributed by atoms with Crippen LogP contribution in [0.15, 0.2) is 18.2 Å². The molecule has 0 radical (unpaired) electrons. The number of ether oxygens (including phenoxy) is 2. The third-order valence-corrected chi connectivity index (χ3v) is 2.48. The van der Waals surface area contributed by atoms with Gasteiger partial charge in [-0.15, -0.1) is 0 Å². The van der Waals surface area contributed by atoms with E-state index in [1.54, 1.807) is 32.4 Å². The SMILES string of the molecule is CCC(C(=O)O)c1cc(OC)cc(OC)c1. The average molecular weight is 224 g/mol. The minimum absolute atomic E-state index is 0.524. The Kier molecular flexibility index (Phi) is 4.17. The molecule has 0 aliphatic carbocycles. The first-order chi connectivity index (χ1) is 7.62. The molecule has 1 N–H and O–H groups in total. The molecule has 0 saturated heterocycles. The monoisotopic (exact) mass is 224 g/mol. The molecule has 4 heteroatoms. The Labute approximate surface area is 94.8 Å². The minimum atomic E-state index is -0.835. The Hall–Kier alpha value is -1.71. The van der Waals surface area contributed by atoms with E-state index >= 15 is 0 Å². The average Bonchev–Trinajstić information content (AvgIpc) is 2.29. The summed E-state index contributed by atoms with van der Waals surface area (Å²) in [7, 11) is 3.08. The summed E-state index contributed by atoms with van der Waals surface area (Å²) < 4.78 is 10.2. The lowest BCUT2D eigenvalue weighted by Crippen LogP contribution is -2.10. The predicted molar refractivity (Wildman–Crippen MR) is 60.2 cm³/mol. The molecule has 1 aromatic carbocycles. The second-order valence-corrected chi connectivity index (χ2v) is 3.45. The van der Waals surface area contributed by atoms with Gasteiger partial charge in [-0.3, -0.25) is 4.79 Å². The van der Waals surface area contributed by atoms with Gasteiger partial charge in [-0.05, 0) is 24.1 Å². The third-order valence-electron chi connectivity index (χ3n) is 2.48. The zero-order valence-electron chi connectivity index (χ0n) is 9.69. The molecular formula is C12H16O4. The first-order valence-corrected chi connectivity index (χ1v) is 5.08. The van der Waals surface area contributed by atoms with E-state index < -0.39 is 11.9 Å². The van der Waals surface area contributed by atoms with Crippen LogP contribution in [0.1, 0.15) is 24.8 Å². The van der Waals surface area contributed by atoms with E-state index in [1.807, 2.05) is 6.92 Å². The van der Waals surface area contributed by atoms with E-state index in [0.717, 1.165) is 0 Å². The van der Waals surface area contributed by atoms with Gasteiger partial charge in [0.15, 0.2) is 0 Å². The topological polar surface area (TPSA) is 55.8 Å². The normalized spacial score (nSPS) is 11.9. The third kappa shape index (κ3) is 2.66. The standard InChI is InChI=1S/C12H16O4/c1-4-11(12(13)14)8-5-9(15-2)7-10(6-8)16-3/h5-7,11H,4H2,1-3H3,(H,13,14). The zero-order chi connectivity index (χ0) is 12.1. The van der Waals surface area contributed by atoms with Crippen LogP contribution in [0.2, 0.25) is 0 Å². The number of rotatable bonds is 5. The van der Waals surface area contributed by atoms with Gasteiger partial charge >= 0.3 is 5.97 Å². The van der Waals surface area contributed by atoms with Crippen molar-refractivity contribution in [2.45, 2.75) is 19.3 Å². The Morgan fingerprint density at radius 2 is 1.75 bits per heavy atom. The maximum absolute atomic E-state index is 11.0. The van der Waals surface area contributed by atoms with Crippen LogP contribution in [0.25, 0.3) is 0 Å². The number of carbonyl (C=O) groups is 1. The van der Waals surface area contributed by atoms with Crippen molar-refractivity contribution in [3.05, 3.63) is 23.8 Å².